The molecule has 2 saturated heterocycles. The van der Waals surface area contributed by atoms with Gasteiger partial charge in [0.2, 0.25) is 0 Å². The molecule has 7 heteroatoms. The van der Waals surface area contributed by atoms with Crippen molar-refractivity contribution >= 4 is 22.9 Å². The predicted octanol–water partition coefficient (Wildman–Crippen LogP) is 4.13. The summed E-state index contributed by atoms with van der Waals surface area (Å²) in [7, 11) is 0. The lowest BCUT2D eigenvalue weighted by Crippen LogP contribution is -2.49. The van der Waals surface area contributed by atoms with Crippen molar-refractivity contribution in [3.63, 3.8) is 0 Å². The standard InChI is InChI=1S/C25H25N3O4/c1-16-23(18-6-3-2-4-7-18)32-25(31)28(16)19-12-14-27(15-13-19)24(30)20-11-10-17-8-5-9-21(29)22(17)26-20/h2-11,16,19,23,29H,12-15H2,1H3/t16-,23-/m0/s1. The minimum atomic E-state index is -0.289. The molecular weight excluding hydrogens is 406 g/mol. The Morgan fingerprint density at radius 1 is 1.03 bits per heavy atom. The fraction of sp³-hybridized carbons (Fsp3) is 0.320. The number of aromatic hydroxyl groups is 1. The van der Waals surface area contributed by atoms with Gasteiger partial charge in [0.15, 0.2) is 0 Å². The highest BCUT2D eigenvalue weighted by molar-refractivity contribution is 5.96. The maximum atomic E-state index is 13.0. The molecule has 164 valence electrons. The first-order valence-electron chi connectivity index (χ1n) is 10.9. The fourth-order valence-corrected chi connectivity index (χ4v) is 4.81. The van der Waals surface area contributed by atoms with Gasteiger partial charge in [-0.1, -0.05) is 48.5 Å². The van der Waals surface area contributed by atoms with E-state index < -0.39 is 0 Å². The van der Waals surface area contributed by atoms with E-state index in [2.05, 4.69) is 4.98 Å². The molecule has 2 aliphatic heterocycles. The fourth-order valence-electron chi connectivity index (χ4n) is 4.81. The number of amides is 2. The van der Waals surface area contributed by atoms with Crippen molar-refractivity contribution in [1.29, 1.82) is 0 Å². The summed E-state index contributed by atoms with van der Waals surface area (Å²) in [6, 6.07) is 18.4. The SMILES string of the molecule is C[C@H]1[C@@H](c2ccccc2)OC(=O)N1C1CCN(C(=O)c2ccc3cccc(O)c3n2)CC1. The van der Waals surface area contributed by atoms with Gasteiger partial charge in [-0.15, -0.1) is 0 Å². The van der Waals surface area contributed by atoms with E-state index in [1.807, 2.05) is 48.2 Å². The number of carbonyl (C=O) groups is 2. The highest BCUT2D eigenvalue weighted by atomic mass is 16.6. The largest absolute Gasteiger partial charge is 0.506 e. The summed E-state index contributed by atoms with van der Waals surface area (Å²) in [5.74, 6) is -0.0989. The summed E-state index contributed by atoms with van der Waals surface area (Å²) in [4.78, 5) is 33.7. The maximum absolute atomic E-state index is 13.0. The van der Waals surface area contributed by atoms with Crippen LogP contribution in [-0.2, 0) is 4.74 Å². The van der Waals surface area contributed by atoms with Crippen LogP contribution in [0.1, 0.15) is 41.9 Å². The Kier molecular flexibility index (Phi) is 5.17. The van der Waals surface area contributed by atoms with Gasteiger partial charge >= 0.3 is 6.09 Å². The number of hydrogen-bond donors (Lipinski definition) is 1. The number of likely N-dealkylation sites (tertiary alicyclic amines) is 1. The zero-order chi connectivity index (χ0) is 22.2. The molecule has 0 radical (unpaired) electrons. The first kappa shape index (κ1) is 20.3. The number of para-hydroxylation sites is 1. The number of aromatic nitrogens is 1. The quantitative estimate of drug-likeness (QED) is 0.674. The van der Waals surface area contributed by atoms with Crippen molar-refractivity contribution < 1.29 is 19.4 Å². The average Bonchev–Trinajstić information content (AvgIpc) is 3.13. The van der Waals surface area contributed by atoms with Crippen LogP contribution in [0.3, 0.4) is 0 Å². The molecule has 3 aromatic rings. The summed E-state index contributed by atoms with van der Waals surface area (Å²) in [5.41, 5.74) is 1.73. The molecule has 0 saturated carbocycles. The smallest absolute Gasteiger partial charge is 0.411 e. The lowest BCUT2D eigenvalue weighted by molar-refractivity contribution is 0.0635. The van der Waals surface area contributed by atoms with Crippen LogP contribution in [0.4, 0.5) is 4.79 Å². The van der Waals surface area contributed by atoms with Gasteiger partial charge in [-0.2, -0.15) is 0 Å². The molecule has 1 aromatic heterocycles. The van der Waals surface area contributed by atoms with Crippen LogP contribution in [0.15, 0.2) is 60.7 Å². The third kappa shape index (κ3) is 3.53. The monoisotopic (exact) mass is 431 g/mol. The van der Waals surface area contributed by atoms with Crippen LogP contribution in [0.25, 0.3) is 10.9 Å². The van der Waals surface area contributed by atoms with E-state index in [0.717, 1.165) is 10.9 Å². The summed E-state index contributed by atoms with van der Waals surface area (Å²) in [6.45, 7) is 3.10. The van der Waals surface area contributed by atoms with E-state index in [9.17, 15) is 14.7 Å². The molecule has 1 N–H and O–H groups in total. The predicted molar refractivity (Wildman–Crippen MR) is 119 cm³/mol. The van der Waals surface area contributed by atoms with Crippen molar-refractivity contribution in [3.05, 3.63) is 71.9 Å². The lowest BCUT2D eigenvalue weighted by atomic mass is 9.98. The molecule has 2 amide bonds. The summed E-state index contributed by atoms with van der Waals surface area (Å²) in [6.07, 6.45) is 0.803. The number of cyclic esters (lactones) is 1. The van der Waals surface area contributed by atoms with E-state index in [1.54, 1.807) is 29.2 Å². The number of piperidine rings is 1. The van der Waals surface area contributed by atoms with Gasteiger partial charge in [0, 0.05) is 24.5 Å². The van der Waals surface area contributed by atoms with Crippen molar-refractivity contribution in [1.82, 2.24) is 14.8 Å². The normalized spacial score (nSPS) is 21.7. The van der Waals surface area contributed by atoms with Crippen molar-refractivity contribution in [3.8, 4) is 5.75 Å². The summed E-state index contributed by atoms with van der Waals surface area (Å²) < 4.78 is 5.69. The Morgan fingerprint density at radius 3 is 2.53 bits per heavy atom. The molecule has 32 heavy (non-hydrogen) atoms. The van der Waals surface area contributed by atoms with Gasteiger partial charge in [-0.3, -0.25) is 9.69 Å². The van der Waals surface area contributed by atoms with E-state index in [-0.39, 0.29) is 35.9 Å². The lowest BCUT2D eigenvalue weighted by Gasteiger charge is -2.37. The Morgan fingerprint density at radius 2 is 1.78 bits per heavy atom. The minimum absolute atomic E-state index is 0.0314. The molecule has 0 spiro atoms. The summed E-state index contributed by atoms with van der Waals surface area (Å²) in [5, 5.41) is 10.8. The van der Waals surface area contributed by atoms with E-state index in [4.69, 9.17) is 4.74 Å². The molecule has 5 rings (SSSR count). The second-order valence-electron chi connectivity index (χ2n) is 8.43. The third-order valence-corrected chi connectivity index (χ3v) is 6.51. The number of pyridine rings is 1. The molecule has 0 unspecified atom stereocenters. The number of hydrogen-bond acceptors (Lipinski definition) is 5. The number of phenols is 1. The van der Waals surface area contributed by atoms with Gasteiger partial charge < -0.3 is 14.7 Å². The number of phenolic OH excluding ortho intramolecular Hbond substituents is 1. The molecule has 0 bridgehead atoms. The van der Waals surface area contributed by atoms with Gasteiger partial charge in [-0.05, 0) is 37.5 Å². The van der Waals surface area contributed by atoms with Crippen LogP contribution in [0, 0.1) is 0 Å². The minimum Gasteiger partial charge on any atom is -0.506 e. The molecular formula is C25H25N3O4. The van der Waals surface area contributed by atoms with E-state index in [1.165, 1.54) is 0 Å². The van der Waals surface area contributed by atoms with E-state index in [0.29, 0.717) is 37.1 Å². The number of rotatable bonds is 3. The Balaban J connectivity index is 1.26. The Hall–Kier alpha value is -3.61. The van der Waals surface area contributed by atoms with Gasteiger partial charge in [0.25, 0.3) is 5.91 Å². The van der Waals surface area contributed by atoms with Crippen molar-refractivity contribution in [2.75, 3.05) is 13.1 Å². The zero-order valence-electron chi connectivity index (χ0n) is 17.8. The second kappa shape index (κ2) is 8.15. The maximum Gasteiger partial charge on any atom is 0.411 e. The number of carbonyl (C=O) groups excluding carboxylic acids is 2. The Bertz CT molecular complexity index is 1160. The molecule has 2 fully saturated rings. The first-order chi connectivity index (χ1) is 15.5. The Labute approximate surface area is 186 Å². The zero-order valence-corrected chi connectivity index (χ0v) is 17.8. The van der Waals surface area contributed by atoms with Gasteiger partial charge in [0.05, 0.1) is 6.04 Å². The second-order valence-corrected chi connectivity index (χ2v) is 8.43. The molecule has 3 heterocycles. The molecule has 2 aliphatic rings. The van der Waals surface area contributed by atoms with Crippen LogP contribution in [0.2, 0.25) is 0 Å². The van der Waals surface area contributed by atoms with Gasteiger partial charge in [-0.25, -0.2) is 9.78 Å². The molecule has 2 aromatic carbocycles. The van der Waals surface area contributed by atoms with Crippen LogP contribution >= 0.6 is 0 Å². The number of benzene rings is 2. The number of nitrogens with zero attached hydrogens (tertiary/aromatic N) is 3. The topological polar surface area (TPSA) is 83.0 Å². The number of ether oxygens (including phenoxy) is 1. The third-order valence-electron chi connectivity index (χ3n) is 6.51. The highest BCUT2D eigenvalue weighted by Crippen LogP contribution is 2.36. The first-order valence-corrected chi connectivity index (χ1v) is 10.9. The molecule has 7 nitrogen and oxygen atoms in total. The highest BCUT2D eigenvalue weighted by Gasteiger charge is 2.44. The van der Waals surface area contributed by atoms with Crippen molar-refractivity contribution in [2.45, 2.75) is 38.0 Å². The molecule has 2 atom stereocenters. The molecule has 0 aliphatic carbocycles. The van der Waals surface area contributed by atoms with E-state index >= 15 is 0 Å². The number of fused-ring (bicyclic) bond motifs is 1. The van der Waals surface area contributed by atoms with Crippen LogP contribution in [-0.4, -0.2) is 57.1 Å². The van der Waals surface area contributed by atoms with Gasteiger partial charge in [0.1, 0.15) is 23.1 Å². The van der Waals surface area contributed by atoms with Crippen LogP contribution < -0.4 is 0 Å². The summed E-state index contributed by atoms with van der Waals surface area (Å²) >= 11 is 0. The average molecular weight is 431 g/mol. The van der Waals surface area contributed by atoms with Crippen molar-refractivity contribution in [2.24, 2.45) is 0 Å². The van der Waals surface area contributed by atoms with Crippen LogP contribution in [0.5, 0.6) is 5.75 Å².